The lowest BCUT2D eigenvalue weighted by atomic mass is 10.7. The molecule has 2 aromatic heterocycles. The Morgan fingerprint density at radius 1 is 1.08 bits per heavy atom. The number of hydrogen-bond acceptors (Lipinski definition) is 8. The fourth-order valence-corrected chi connectivity index (χ4v) is 1.17. The Hall–Kier alpha value is -1.70. The summed E-state index contributed by atoms with van der Waals surface area (Å²) >= 11 is 1.16. The number of nitrogen functional groups attached to an aromatic ring is 2. The zero-order valence-corrected chi connectivity index (χ0v) is 6.58. The van der Waals surface area contributed by atoms with Gasteiger partial charge in [-0.05, 0) is 0 Å². The van der Waals surface area contributed by atoms with E-state index in [2.05, 4.69) is 20.4 Å². The van der Waals surface area contributed by atoms with E-state index in [0.29, 0.717) is 10.1 Å². The number of aromatic nitrogens is 4. The average Bonchev–Trinajstić information content (AvgIpc) is 2.58. The minimum absolute atomic E-state index is 0.00114. The Morgan fingerprint density at radius 3 is 2.42 bits per heavy atom. The first-order valence-electron chi connectivity index (χ1n) is 2.94. The summed E-state index contributed by atoms with van der Waals surface area (Å²) in [5.41, 5.74) is 10.6. The first-order valence-corrected chi connectivity index (χ1v) is 3.75. The van der Waals surface area contributed by atoms with E-state index in [1.165, 1.54) is 0 Å². The second kappa shape index (κ2) is 2.41. The molecule has 2 heterocycles. The topological polar surface area (TPSA) is 117 Å². The zero-order valence-electron chi connectivity index (χ0n) is 5.76. The minimum Gasteiger partial charge on any atom is -0.401 e. The summed E-state index contributed by atoms with van der Waals surface area (Å²) in [6.07, 6.45) is 0. The van der Waals surface area contributed by atoms with Crippen LogP contribution in [0.3, 0.4) is 0 Å². The third-order valence-electron chi connectivity index (χ3n) is 1.06. The van der Waals surface area contributed by atoms with Crippen LogP contribution in [0.5, 0.6) is 0 Å². The van der Waals surface area contributed by atoms with Crippen molar-refractivity contribution in [3.8, 4) is 10.9 Å². The highest BCUT2D eigenvalue weighted by Crippen LogP contribution is 2.23. The Morgan fingerprint density at radius 2 is 1.92 bits per heavy atom. The Kier molecular flexibility index (Phi) is 1.40. The summed E-state index contributed by atoms with van der Waals surface area (Å²) in [4.78, 5) is 0. The molecule has 0 bridgehead atoms. The predicted molar refractivity (Wildman–Crippen MR) is 42.0 cm³/mol. The molecule has 0 amide bonds. The second-order valence-electron chi connectivity index (χ2n) is 1.89. The van der Waals surface area contributed by atoms with Crippen LogP contribution in [0.15, 0.2) is 4.42 Å². The van der Waals surface area contributed by atoms with Gasteiger partial charge in [0.2, 0.25) is 10.1 Å². The highest BCUT2D eigenvalue weighted by atomic mass is 32.1. The maximum Gasteiger partial charge on any atom is 0.313 e. The SMILES string of the molecule is Nc1nnc(-c2nnc(N)s2)o1. The zero-order chi connectivity index (χ0) is 8.55. The summed E-state index contributed by atoms with van der Waals surface area (Å²) in [5.74, 6) is 0.238. The molecule has 0 fully saturated rings. The summed E-state index contributed by atoms with van der Waals surface area (Å²) in [6.45, 7) is 0. The maximum atomic E-state index is 5.35. The number of hydrogen-bond donors (Lipinski definition) is 2. The molecule has 0 radical (unpaired) electrons. The molecule has 2 aromatic rings. The average molecular weight is 184 g/mol. The van der Waals surface area contributed by atoms with Crippen LogP contribution in [-0.4, -0.2) is 20.4 Å². The standard InChI is InChI=1S/C4H4N6OS/c5-3-9-7-1(11-3)2-8-10-4(6)12-2/h(H2,5,9)(H2,6,10). The van der Waals surface area contributed by atoms with Gasteiger partial charge >= 0.3 is 6.01 Å². The monoisotopic (exact) mass is 184 g/mol. The van der Waals surface area contributed by atoms with Gasteiger partial charge in [0.1, 0.15) is 0 Å². The number of rotatable bonds is 1. The van der Waals surface area contributed by atoms with Crippen molar-refractivity contribution in [3.05, 3.63) is 0 Å². The van der Waals surface area contributed by atoms with Gasteiger partial charge < -0.3 is 15.9 Å². The molecule has 12 heavy (non-hydrogen) atoms. The van der Waals surface area contributed by atoms with Crippen molar-refractivity contribution in [2.45, 2.75) is 0 Å². The van der Waals surface area contributed by atoms with E-state index in [1.807, 2.05) is 0 Å². The highest BCUT2D eigenvalue weighted by molar-refractivity contribution is 7.18. The summed E-state index contributed by atoms with van der Waals surface area (Å²) < 4.78 is 4.89. The summed E-state index contributed by atoms with van der Waals surface area (Å²) in [6, 6.07) is -0.00114. The van der Waals surface area contributed by atoms with Crippen molar-refractivity contribution in [1.82, 2.24) is 20.4 Å². The van der Waals surface area contributed by atoms with Crippen LogP contribution in [0.25, 0.3) is 10.9 Å². The summed E-state index contributed by atoms with van der Waals surface area (Å²) in [7, 11) is 0. The number of nitrogens with zero attached hydrogens (tertiary/aromatic N) is 4. The molecule has 0 spiro atoms. The molecular formula is C4H4N6OS. The number of anilines is 2. The first kappa shape index (κ1) is 6.98. The van der Waals surface area contributed by atoms with E-state index < -0.39 is 0 Å². The normalized spacial score (nSPS) is 10.3. The molecule has 0 aliphatic carbocycles. The van der Waals surface area contributed by atoms with Crippen molar-refractivity contribution in [2.75, 3.05) is 11.5 Å². The lowest BCUT2D eigenvalue weighted by Crippen LogP contribution is -1.81. The van der Waals surface area contributed by atoms with E-state index in [0.717, 1.165) is 11.3 Å². The third-order valence-corrected chi connectivity index (χ3v) is 1.80. The van der Waals surface area contributed by atoms with Crippen LogP contribution in [0.1, 0.15) is 0 Å². The molecule has 62 valence electrons. The molecule has 0 unspecified atom stereocenters. The van der Waals surface area contributed by atoms with Crippen molar-refractivity contribution in [3.63, 3.8) is 0 Å². The molecule has 0 aromatic carbocycles. The minimum atomic E-state index is -0.00114. The van der Waals surface area contributed by atoms with Gasteiger partial charge in [-0.15, -0.1) is 15.3 Å². The fraction of sp³-hybridized carbons (Fsp3) is 0. The van der Waals surface area contributed by atoms with Gasteiger partial charge in [0.25, 0.3) is 5.89 Å². The second-order valence-corrected chi connectivity index (χ2v) is 2.90. The largest absolute Gasteiger partial charge is 0.401 e. The molecule has 0 aliphatic heterocycles. The van der Waals surface area contributed by atoms with Crippen LogP contribution < -0.4 is 11.5 Å². The van der Waals surface area contributed by atoms with E-state index in [1.54, 1.807) is 0 Å². The highest BCUT2D eigenvalue weighted by Gasteiger charge is 2.10. The van der Waals surface area contributed by atoms with Crippen LogP contribution in [0.4, 0.5) is 11.1 Å². The van der Waals surface area contributed by atoms with Crippen LogP contribution in [-0.2, 0) is 0 Å². The summed E-state index contributed by atoms with van der Waals surface area (Å²) in [5, 5.41) is 15.2. The molecule has 7 nitrogen and oxygen atoms in total. The van der Waals surface area contributed by atoms with Gasteiger partial charge in [-0.1, -0.05) is 16.4 Å². The van der Waals surface area contributed by atoms with Crippen molar-refractivity contribution in [1.29, 1.82) is 0 Å². The molecule has 0 atom stereocenters. The first-order chi connectivity index (χ1) is 5.75. The Balaban J connectivity index is 2.43. The van der Waals surface area contributed by atoms with E-state index in [-0.39, 0.29) is 11.9 Å². The van der Waals surface area contributed by atoms with E-state index in [4.69, 9.17) is 15.9 Å². The third kappa shape index (κ3) is 1.07. The van der Waals surface area contributed by atoms with E-state index in [9.17, 15) is 0 Å². The predicted octanol–water partition coefficient (Wildman–Crippen LogP) is -0.248. The molecule has 0 aliphatic rings. The Bertz CT molecular complexity index is 355. The molecule has 4 N–H and O–H groups in total. The molecule has 0 saturated heterocycles. The van der Waals surface area contributed by atoms with Gasteiger partial charge in [-0.3, -0.25) is 0 Å². The van der Waals surface area contributed by atoms with E-state index >= 15 is 0 Å². The van der Waals surface area contributed by atoms with Crippen molar-refractivity contribution < 1.29 is 4.42 Å². The van der Waals surface area contributed by atoms with Gasteiger partial charge in [0.05, 0.1) is 0 Å². The van der Waals surface area contributed by atoms with Crippen molar-refractivity contribution in [2.24, 2.45) is 0 Å². The van der Waals surface area contributed by atoms with Crippen LogP contribution in [0.2, 0.25) is 0 Å². The quantitative estimate of drug-likeness (QED) is 0.627. The Labute approximate surface area is 70.4 Å². The molecule has 0 saturated carbocycles. The fourth-order valence-electron chi connectivity index (χ4n) is 0.642. The molecule has 8 heteroatoms. The molecular weight excluding hydrogens is 180 g/mol. The van der Waals surface area contributed by atoms with Gasteiger partial charge in [-0.25, -0.2) is 0 Å². The lowest BCUT2D eigenvalue weighted by Gasteiger charge is -1.79. The van der Waals surface area contributed by atoms with Gasteiger partial charge in [-0.2, -0.15) is 0 Å². The van der Waals surface area contributed by atoms with Gasteiger partial charge in [0, 0.05) is 0 Å². The smallest absolute Gasteiger partial charge is 0.313 e. The molecule has 2 rings (SSSR count). The lowest BCUT2D eigenvalue weighted by molar-refractivity contribution is 0.589. The number of nitrogens with two attached hydrogens (primary N) is 2. The van der Waals surface area contributed by atoms with Crippen LogP contribution >= 0.6 is 11.3 Å². The van der Waals surface area contributed by atoms with Gasteiger partial charge in [0.15, 0.2) is 0 Å². The van der Waals surface area contributed by atoms with Crippen LogP contribution in [0, 0.1) is 0 Å². The van der Waals surface area contributed by atoms with Crippen molar-refractivity contribution >= 4 is 22.5 Å². The maximum absolute atomic E-state index is 5.35.